The normalized spacial score (nSPS) is 12.7. The molecule has 116 valence electrons. The van der Waals surface area contributed by atoms with Gasteiger partial charge in [0.05, 0.1) is 11.1 Å². The molecule has 0 N–H and O–H groups in total. The lowest BCUT2D eigenvalue weighted by Crippen LogP contribution is -2.11. The van der Waals surface area contributed by atoms with Crippen molar-refractivity contribution < 1.29 is 27.1 Å². The third-order valence-electron chi connectivity index (χ3n) is 2.97. The third kappa shape index (κ3) is 4.07. The molecule has 2 rings (SSSR count). The van der Waals surface area contributed by atoms with Crippen LogP contribution in [0.15, 0.2) is 54.6 Å². The minimum atomic E-state index is -4.47. The predicted octanol–water partition coefficient (Wildman–Crippen LogP) is 4.57. The van der Waals surface area contributed by atoms with Crippen molar-refractivity contribution in [2.24, 2.45) is 0 Å². The van der Waals surface area contributed by atoms with Crippen molar-refractivity contribution >= 4 is 5.97 Å². The Bertz CT molecular complexity index is 621. The Labute approximate surface area is 124 Å². The van der Waals surface area contributed by atoms with Gasteiger partial charge < -0.3 is 4.74 Å². The van der Waals surface area contributed by atoms with Crippen LogP contribution in [0.25, 0.3) is 0 Å². The van der Waals surface area contributed by atoms with Crippen molar-refractivity contribution in [3.63, 3.8) is 0 Å². The summed E-state index contributed by atoms with van der Waals surface area (Å²) in [7, 11) is 0. The van der Waals surface area contributed by atoms with E-state index in [0.717, 1.165) is 24.3 Å². The van der Waals surface area contributed by atoms with Crippen molar-refractivity contribution in [1.29, 1.82) is 0 Å². The molecule has 6 heteroatoms. The fraction of sp³-hybridized carbons (Fsp3) is 0.188. The highest BCUT2D eigenvalue weighted by atomic mass is 19.4. The molecule has 2 aromatic carbocycles. The molecule has 1 atom stereocenters. The molecule has 0 saturated carbocycles. The number of hydrogen-bond acceptors (Lipinski definition) is 2. The number of alkyl halides is 4. The van der Waals surface area contributed by atoms with Crippen molar-refractivity contribution in [3.05, 3.63) is 71.3 Å². The zero-order valence-corrected chi connectivity index (χ0v) is 11.3. The van der Waals surface area contributed by atoms with Gasteiger partial charge in [0.25, 0.3) is 0 Å². The summed E-state index contributed by atoms with van der Waals surface area (Å²) < 4.78 is 55.9. The summed E-state index contributed by atoms with van der Waals surface area (Å²) in [6.07, 6.45) is -6.15. The van der Waals surface area contributed by atoms with Gasteiger partial charge in [0.1, 0.15) is 6.61 Å². The van der Waals surface area contributed by atoms with Crippen LogP contribution in [0.1, 0.15) is 27.7 Å². The van der Waals surface area contributed by atoms with Crippen LogP contribution in [0.3, 0.4) is 0 Å². The molecule has 0 fully saturated rings. The number of rotatable bonds is 4. The molecule has 0 aliphatic rings. The molecule has 2 aromatic rings. The van der Waals surface area contributed by atoms with Crippen LogP contribution < -0.4 is 0 Å². The topological polar surface area (TPSA) is 26.3 Å². The van der Waals surface area contributed by atoms with Gasteiger partial charge in [-0.1, -0.05) is 30.3 Å². The lowest BCUT2D eigenvalue weighted by atomic mass is 10.1. The first-order valence-corrected chi connectivity index (χ1v) is 6.41. The number of hydrogen-bond donors (Lipinski definition) is 0. The third-order valence-corrected chi connectivity index (χ3v) is 2.97. The lowest BCUT2D eigenvalue weighted by molar-refractivity contribution is -0.137. The zero-order valence-electron chi connectivity index (χ0n) is 11.3. The van der Waals surface area contributed by atoms with E-state index >= 15 is 0 Å². The van der Waals surface area contributed by atoms with Crippen LogP contribution in [0.4, 0.5) is 17.6 Å². The Kier molecular flexibility index (Phi) is 4.80. The van der Waals surface area contributed by atoms with E-state index in [1.54, 1.807) is 18.2 Å². The van der Waals surface area contributed by atoms with E-state index in [9.17, 15) is 22.4 Å². The molecular weight excluding hydrogens is 300 g/mol. The van der Waals surface area contributed by atoms with Gasteiger partial charge in [-0.05, 0) is 29.8 Å². The molecule has 0 heterocycles. The van der Waals surface area contributed by atoms with Crippen LogP contribution in [0.5, 0.6) is 0 Å². The zero-order chi connectivity index (χ0) is 16.2. The second kappa shape index (κ2) is 6.60. The Balaban J connectivity index is 1.95. The van der Waals surface area contributed by atoms with Crippen molar-refractivity contribution in [2.45, 2.75) is 12.3 Å². The number of carbonyl (C=O) groups excluding carboxylic acids is 1. The molecule has 1 unspecified atom stereocenters. The van der Waals surface area contributed by atoms with Crippen LogP contribution in [-0.4, -0.2) is 12.6 Å². The van der Waals surface area contributed by atoms with Gasteiger partial charge in [0, 0.05) is 0 Å². The molecule has 0 aliphatic carbocycles. The summed E-state index contributed by atoms with van der Waals surface area (Å²) in [4.78, 5) is 11.6. The Morgan fingerprint density at radius 3 is 2.14 bits per heavy atom. The summed E-state index contributed by atoms with van der Waals surface area (Å²) in [5.41, 5.74) is -0.555. The number of esters is 1. The Morgan fingerprint density at radius 1 is 1.00 bits per heavy atom. The average molecular weight is 312 g/mol. The maximum atomic E-state index is 13.9. The molecule has 0 spiro atoms. The second-order valence-electron chi connectivity index (χ2n) is 4.55. The highest BCUT2D eigenvalue weighted by molar-refractivity contribution is 5.89. The van der Waals surface area contributed by atoms with Gasteiger partial charge >= 0.3 is 12.1 Å². The first kappa shape index (κ1) is 16.0. The molecule has 0 bridgehead atoms. The SMILES string of the molecule is O=C(OCC(F)c1ccc(C(F)(F)F)cc1)c1ccccc1. The van der Waals surface area contributed by atoms with Crippen LogP contribution in [0.2, 0.25) is 0 Å². The van der Waals surface area contributed by atoms with E-state index < -0.39 is 30.5 Å². The highest BCUT2D eigenvalue weighted by Crippen LogP contribution is 2.30. The molecule has 0 aliphatic heterocycles. The van der Waals surface area contributed by atoms with Gasteiger partial charge in [0.2, 0.25) is 0 Å². The molecule has 0 saturated heterocycles. The molecule has 0 amide bonds. The summed E-state index contributed by atoms with van der Waals surface area (Å²) in [6.45, 7) is -0.556. The lowest BCUT2D eigenvalue weighted by Gasteiger charge is -2.11. The van der Waals surface area contributed by atoms with Crippen molar-refractivity contribution in [2.75, 3.05) is 6.61 Å². The largest absolute Gasteiger partial charge is 0.459 e. The number of benzene rings is 2. The molecular formula is C16H12F4O2. The minimum Gasteiger partial charge on any atom is -0.459 e. The molecule has 2 nitrogen and oxygen atoms in total. The van der Waals surface area contributed by atoms with Crippen molar-refractivity contribution in [1.82, 2.24) is 0 Å². The Hall–Kier alpha value is -2.37. The van der Waals surface area contributed by atoms with E-state index in [1.165, 1.54) is 12.1 Å². The van der Waals surface area contributed by atoms with Gasteiger partial charge in [0.15, 0.2) is 6.17 Å². The smallest absolute Gasteiger partial charge is 0.416 e. The number of ether oxygens (including phenoxy) is 1. The quantitative estimate of drug-likeness (QED) is 0.610. The standard InChI is InChI=1S/C16H12F4O2/c17-14(10-22-15(21)12-4-2-1-3-5-12)11-6-8-13(9-7-11)16(18,19)20/h1-9,14H,10H2. The first-order valence-electron chi connectivity index (χ1n) is 6.41. The maximum Gasteiger partial charge on any atom is 0.416 e. The van der Waals surface area contributed by atoms with Gasteiger partial charge in [-0.2, -0.15) is 13.2 Å². The van der Waals surface area contributed by atoms with Gasteiger partial charge in [-0.3, -0.25) is 0 Å². The summed E-state index contributed by atoms with van der Waals surface area (Å²) in [5, 5.41) is 0. The number of halogens is 4. The predicted molar refractivity (Wildman–Crippen MR) is 72.0 cm³/mol. The summed E-state index contributed by atoms with van der Waals surface area (Å²) >= 11 is 0. The molecule has 0 radical (unpaired) electrons. The summed E-state index contributed by atoms with van der Waals surface area (Å²) in [6, 6.07) is 11.7. The highest BCUT2D eigenvalue weighted by Gasteiger charge is 2.30. The second-order valence-corrected chi connectivity index (χ2v) is 4.55. The van der Waals surface area contributed by atoms with Crippen LogP contribution in [-0.2, 0) is 10.9 Å². The minimum absolute atomic E-state index is 0.0221. The van der Waals surface area contributed by atoms with Gasteiger partial charge in [-0.15, -0.1) is 0 Å². The van der Waals surface area contributed by atoms with E-state index in [2.05, 4.69) is 0 Å². The Morgan fingerprint density at radius 2 is 1.59 bits per heavy atom. The van der Waals surface area contributed by atoms with Crippen LogP contribution >= 0.6 is 0 Å². The average Bonchev–Trinajstić information content (AvgIpc) is 2.52. The maximum absolute atomic E-state index is 13.9. The van der Waals surface area contributed by atoms with E-state index in [4.69, 9.17) is 4.74 Å². The van der Waals surface area contributed by atoms with Gasteiger partial charge in [-0.25, -0.2) is 9.18 Å². The van der Waals surface area contributed by atoms with E-state index in [1.807, 2.05) is 0 Å². The number of carbonyl (C=O) groups is 1. The fourth-order valence-corrected chi connectivity index (χ4v) is 1.78. The van der Waals surface area contributed by atoms with E-state index in [-0.39, 0.29) is 11.1 Å². The molecule has 0 aromatic heterocycles. The molecule has 22 heavy (non-hydrogen) atoms. The first-order chi connectivity index (χ1) is 10.4. The van der Waals surface area contributed by atoms with Crippen LogP contribution in [0, 0.1) is 0 Å². The van der Waals surface area contributed by atoms with Crippen molar-refractivity contribution in [3.8, 4) is 0 Å². The summed E-state index contributed by atoms with van der Waals surface area (Å²) in [5.74, 6) is -0.685. The fourth-order valence-electron chi connectivity index (χ4n) is 1.78. The monoisotopic (exact) mass is 312 g/mol. The van der Waals surface area contributed by atoms with E-state index in [0.29, 0.717) is 0 Å².